The quantitative estimate of drug-likeness (QED) is 0.464. The molecule has 1 aromatic heterocycles. The second-order valence-corrected chi connectivity index (χ2v) is 5.77. The van der Waals surface area contributed by atoms with Gasteiger partial charge in [-0.25, -0.2) is 4.98 Å². The van der Waals surface area contributed by atoms with Crippen LogP contribution in [0.4, 0.5) is 0 Å². The Hall–Kier alpha value is -0.620. The third kappa shape index (κ3) is 2.85. The molecule has 0 aliphatic heterocycles. The van der Waals surface area contributed by atoms with Crippen LogP contribution in [0.25, 0.3) is 10.9 Å². The predicted octanol–water partition coefficient (Wildman–Crippen LogP) is 3.57. The topological polar surface area (TPSA) is 34.9 Å². The lowest BCUT2D eigenvalue weighted by Gasteiger charge is -2.07. The van der Waals surface area contributed by atoms with E-state index < -0.39 is 0 Å². The summed E-state index contributed by atoms with van der Waals surface area (Å²) >= 11 is 8.34. The number of aromatic nitrogens is 2. The molecule has 1 heterocycles. The van der Waals surface area contributed by atoms with Gasteiger partial charge in [-0.3, -0.25) is 9.36 Å². The van der Waals surface area contributed by atoms with Gasteiger partial charge >= 0.3 is 0 Å². The van der Waals surface area contributed by atoms with E-state index in [9.17, 15) is 4.79 Å². The Bertz CT molecular complexity index is 624. The van der Waals surface area contributed by atoms with Crippen molar-refractivity contribution in [2.24, 2.45) is 0 Å². The first-order chi connectivity index (χ1) is 8.63. The van der Waals surface area contributed by atoms with E-state index >= 15 is 0 Å². The fraction of sp³-hybridized carbons (Fsp3) is 0.385. The van der Waals surface area contributed by atoms with Crippen LogP contribution >= 0.6 is 34.2 Å². The maximum absolute atomic E-state index is 12.3. The predicted molar refractivity (Wildman–Crippen MR) is 83.9 cm³/mol. The van der Waals surface area contributed by atoms with Crippen molar-refractivity contribution in [1.82, 2.24) is 9.55 Å². The Morgan fingerprint density at radius 3 is 2.89 bits per heavy atom. The van der Waals surface area contributed by atoms with Gasteiger partial charge in [-0.1, -0.05) is 34.2 Å². The zero-order valence-corrected chi connectivity index (χ0v) is 13.0. The Kier molecular flexibility index (Phi) is 4.61. The molecule has 5 heteroatoms. The van der Waals surface area contributed by atoms with Crippen molar-refractivity contribution in [2.75, 3.05) is 4.43 Å². The van der Waals surface area contributed by atoms with Crippen LogP contribution in [0.1, 0.15) is 18.4 Å². The fourth-order valence-electron chi connectivity index (χ4n) is 1.94. The van der Waals surface area contributed by atoms with Crippen LogP contribution in [-0.4, -0.2) is 14.0 Å². The number of fused-ring (bicyclic) bond motifs is 1. The number of hydrogen-bond acceptors (Lipinski definition) is 2. The molecule has 0 aliphatic rings. The molecule has 0 saturated heterocycles. The Labute approximate surface area is 124 Å². The van der Waals surface area contributed by atoms with Crippen molar-refractivity contribution >= 4 is 45.1 Å². The van der Waals surface area contributed by atoms with E-state index in [0.717, 1.165) is 34.9 Å². The molecule has 0 unspecified atom stereocenters. The van der Waals surface area contributed by atoms with Gasteiger partial charge in [0.1, 0.15) is 0 Å². The summed E-state index contributed by atoms with van der Waals surface area (Å²) in [5, 5.41) is 1.20. The number of rotatable bonds is 4. The number of alkyl halides is 1. The number of unbranched alkanes of at least 4 members (excludes halogenated alkanes) is 1. The molecule has 3 nitrogen and oxygen atoms in total. The van der Waals surface area contributed by atoms with Crippen LogP contribution in [-0.2, 0) is 6.54 Å². The minimum atomic E-state index is -0.000872. The number of aryl methyl sites for hydroxylation is 2. The van der Waals surface area contributed by atoms with E-state index in [1.807, 2.05) is 13.0 Å². The highest BCUT2D eigenvalue weighted by atomic mass is 127. The summed E-state index contributed by atoms with van der Waals surface area (Å²) in [6, 6.07) is 3.53. The molecule has 1 aromatic carbocycles. The van der Waals surface area contributed by atoms with E-state index in [-0.39, 0.29) is 5.56 Å². The Balaban J connectivity index is 2.47. The Morgan fingerprint density at radius 1 is 1.39 bits per heavy atom. The Morgan fingerprint density at radius 2 is 2.17 bits per heavy atom. The van der Waals surface area contributed by atoms with E-state index in [0.29, 0.717) is 10.4 Å². The molecule has 0 bridgehead atoms. The second-order valence-electron chi connectivity index (χ2n) is 4.26. The maximum Gasteiger partial charge on any atom is 0.261 e. The summed E-state index contributed by atoms with van der Waals surface area (Å²) in [5.74, 6) is 0. The van der Waals surface area contributed by atoms with Gasteiger partial charge in [-0.05, 0) is 41.9 Å². The lowest BCUT2D eigenvalue weighted by molar-refractivity contribution is 0.613. The van der Waals surface area contributed by atoms with Crippen molar-refractivity contribution in [3.8, 4) is 0 Å². The first-order valence-electron chi connectivity index (χ1n) is 5.84. The maximum atomic E-state index is 12.3. The monoisotopic (exact) mass is 376 g/mol. The van der Waals surface area contributed by atoms with Crippen molar-refractivity contribution in [3.05, 3.63) is 39.4 Å². The van der Waals surface area contributed by atoms with Crippen molar-refractivity contribution < 1.29 is 0 Å². The first kappa shape index (κ1) is 13.8. The highest BCUT2D eigenvalue weighted by molar-refractivity contribution is 14.1. The smallest absolute Gasteiger partial charge is 0.261 e. The normalized spacial score (nSPS) is 11.1. The molecule has 2 rings (SSSR count). The third-order valence-corrected chi connectivity index (χ3v) is 3.85. The number of nitrogens with zero attached hydrogens (tertiary/aromatic N) is 2. The summed E-state index contributed by atoms with van der Waals surface area (Å²) in [7, 11) is 0. The molecular weight excluding hydrogens is 363 g/mol. The SMILES string of the molecule is Cc1cc(Cl)cc2c(=O)n(CCCCI)cnc12. The van der Waals surface area contributed by atoms with Gasteiger partial charge in [0.15, 0.2) is 0 Å². The van der Waals surface area contributed by atoms with Gasteiger partial charge in [0, 0.05) is 11.6 Å². The van der Waals surface area contributed by atoms with Crippen LogP contribution in [0.3, 0.4) is 0 Å². The third-order valence-electron chi connectivity index (χ3n) is 2.87. The second kappa shape index (κ2) is 6.02. The first-order valence-corrected chi connectivity index (χ1v) is 7.75. The van der Waals surface area contributed by atoms with Gasteiger partial charge in [0.05, 0.1) is 17.2 Å². The molecule has 0 amide bonds. The average Bonchev–Trinajstić information content (AvgIpc) is 2.33. The van der Waals surface area contributed by atoms with Crippen LogP contribution in [0.5, 0.6) is 0 Å². The number of benzene rings is 1. The summed E-state index contributed by atoms with van der Waals surface area (Å²) < 4.78 is 2.78. The summed E-state index contributed by atoms with van der Waals surface area (Å²) in [6.45, 7) is 2.64. The largest absolute Gasteiger partial charge is 0.299 e. The molecule has 0 spiro atoms. The molecule has 96 valence electrons. The van der Waals surface area contributed by atoms with E-state index in [4.69, 9.17) is 11.6 Å². The number of hydrogen-bond donors (Lipinski definition) is 0. The van der Waals surface area contributed by atoms with Gasteiger partial charge in [0.2, 0.25) is 0 Å². The molecule has 2 aromatic rings. The van der Waals surface area contributed by atoms with Crippen molar-refractivity contribution in [2.45, 2.75) is 26.3 Å². The summed E-state index contributed by atoms with van der Waals surface area (Å²) in [6.07, 6.45) is 3.74. The lowest BCUT2D eigenvalue weighted by Crippen LogP contribution is -2.21. The van der Waals surface area contributed by atoms with Crippen LogP contribution in [0.15, 0.2) is 23.3 Å². The highest BCUT2D eigenvalue weighted by Crippen LogP contribution is 2.19. The molecular formula is C13H14ClIN2O. The molecule has 18 heavy (non-hydrogen) atoms. The molecule has 0 aliphatic carbocycles. The molecule has 0 N–H and O–H groups in total. The minimum Gasteiger partial charge on any atom is -0.299 e. The molecule has 0 fully saturated rings. The standard InChI is InChI=1S/C13H14ClIN2O/c1-9-6-10(14)7-11-12(9)16-8-17(13(11)18)5-3-2-4-15/h6-8H,2-5H2,1H3. The zero-order chi connectivity index (χ0) is 13.1. The van der Waals surface area contributed by atoms with Crippen LogP contribution in [0, 0.1) is 6.92 Å². The van der Waals surface area contributed by atoms with Gasteiger partial charge < -0.3 is 0 Å². The zero-order valence-electron chi connectivity index (χ0n) is 10.1. The number of halogens is 2. The van der Waals surface area contributed by atoms with Crippen molar-refractivity contribution in [1.29, 1.82) is 0 Å². The van der Waals surface area contributed by atoms with Gasteiger partial charge in [-0.2, -0.15) is 0 Å². The molecule has 0 radical (unpaired) electrons. The summed E-state index contributed by atoms with van der Waals surface area (Å²) in [4.78, 5) is 16.7. The van der Waals surface area contributed by atoms with E-state index in [1.54, 1.807) is 17.0 Å². The van der Waals surface area contributed by atoms with Crippen molar-refractivity contribution in [3.63, 3.8) is 0 Å². The summed E-state index contributed by atoms with van der Waals surface area (Å²) in [5.41, 5.74) is 1.68. The fourth-order valence-corrected chi connectivity index (χ4v) is 2.75. The lowest BCUT2D eigenvalue weighted by atomic mass is 10.1. The van der Waals surface area contributed by atoms with E-state index in [1.165, 1.54) is 0 Å². The minimum absolute atomic E-state index is 0.000872. The highest BCUT2D eigenvalue weighted by Gasteiger charge is 2.07. The van der Waals surface area contributed by atoms with Crippen LogP contribution < -0.4 is 5.56 Å². The van der Waals surface area contributed by atoms with Gasteiger partial charge in [-0.15, -0.1) is 0 Å². The van der Waals surface area contributed by atoms with Gasteiger partial charge in [0.25, 0.3) is 5.56 Å². The van der Waals surface area contributed by atoms with Crippen LogP contribution in [0.2, 0.25) is 5.02 Å². The average molecular weight is 377 g/mol. The molecule has 0 saturated carbocycles. The van der Waals surface area contributed by atoms with E-state index in [2.05, 4.69) is 27.6 Å². The molecule has 0 atom stereocenters.